The minimum atomic E-state index is -0.202. The molecule has 1 N–H and O–H groups in total. The summed E-state index contributed by atoms with van der Waals surface area (Å²) in [6.45, 7) is 4.40. The van der Waals surface area contributed by atoms with Crippen LogP contribution in [0.4, 0.5) is 5.69 Å². The topological polar surface area (TPSA) is 38.3 Å². The molecule has 3 heteroatoms. The van der Waals surface area contributed by atoms with Gasteiger partial charge in [-0.2, -0.15) is 0 Å². The lowest BCUT2D eigenvalue weighted by Gasteiger charge is -2.40. The Hall–Kier alpha value is -3.85. The van der Waals surface area contributed by atoms with E-state index in [1.165, 1.54) is 21.9 Å². The largest absolute Gasteiger partial charge is 0.457 e. The number of Topliss-reactive ketones (excluding diaryl/α,β-unsaturated/α-hetero) is 1. The maximum Gasteiger partial charge on any atom is 0.162 e. The monoisotopic (exact) mass is 445 g/mol. The molecule has 2 aliphatic rings. The minimum absolute atomic E-state index is 0.0652. The lowest BCUT2D eigenvalue weighted by atomic mass is 9.68. The summed E-state index contributed by atoms with van der Waals surface area (Å²) in [4.78, 5) is 13.6. The van der Waals surface area contributed by atoms with Crippen LogP contribution >= 0.6 is 0 Å². The van der Waals surface area contributed by atoms with Crippen molar-refractivity contribution in [2.24, 2.45) is 5.41 Å². The quantitative estimate of drug-likeness (QED) is 0.348. The Bertz CT molecular complexity index is 1450. The van der Waals surface area contributed by atoms with Crippen LogP contribution in [0.2, 0.25) is 0 Å². The Morgan fingerprint density at radius 2 is 1.59 bits per heavy atom. The average molecular weight is 446 g/mol. The van der Waals surface area contributed by atoms with E-state index in [2.05, 4.69) is 61.6 Å². The van der Waals surface area contributed by atoms with E-state index in [9.17, 15) is 4.79 Å². The number of carbonyl (C=O) groups excluding carboxylic acids is 1. The fourth-order valence-electron chi connectivity index (χ4n) is 5.47. The van der Waals surface area contributed by atoms with Gasteiger partial charge in [-0.15, -0.1) is 0 Å². The second-order valence-electron chi connectivity index (χ2n) is 10.1. The molecule has 1 heterocycles. The zero-order valence-electron chi connectivity index (χ0n) is 19.5. The zero-order valence-corrected chi connectivity index (χ0v) is 19.5. The number of fused-ring (bicyclic) bond motifs is 4. The summed E-state index contributed by atoms with van der Waals surface area (Å²) in [6, 6.07) is 30.5. The van der Waals surface area contributed by atoms with E-state index in [0.717, 1.165) is 34.7 Å². The summed E-state index contributed by atoms with van der Waals surface area (Å²) in [6.07, 6.45) is 1.44. The molecule has 0 saturated heterocycles. The van der Waals surface area contributed by atoms with Gasteiger partial charge in [0.05, 0.1) is 6.04 Å². The van der Waals surface area contributed by atoms with Gasteiger partial charge in [-0.3, -0.25) is 4.79 Å². The number of para-hydroxylation sites is 1. The van der Waals surface area contributed by atoms with Crippen LogP contribution in [0.1, 0.15) is 43.9 Å². The molecular weight excluding hydrogens is 418 g/mol. The highest BCUT2D eigenvalue weighted by Gasteiger charge is 2.40. The number of benzene rings is 4. The van der Waals surface area contributed by atoms with Crippen LogP contribution in [0.15, 0.2) is 96.6 Å². The van der Waals surface area contributed by atoms with Gasteiger partial charge in [0.1, 0.15) is 11.5 Å². The molecule has 6 rings (SSSR count). The van der Waals surface area contributed by atoms with Crippen LogP contribution < -0.4 is 10.1 Å². The van der Waals surface area contributed by atoms with Crippen molar-refractivity contribution >= 4 is 27.8 Å². The molecule has 34 heavy (non-hydrogen) atoms. The minimum Gasteiger partial charge on any atom is -0.457 e. The molecular formula is C31H27NO2. The first kappa shape index (κ1) is 20.7. The fourth-order valence-corrected chi connectivity index (χ4v) is 5.47. The van der Waals surface area contributed by atoms with Gasteiger partial charge in [-0.25, -0.2) is 0 Å². The number of ketones is 1. The number of ether oxygens (including phenoxy) is 1. The summed E-state index contributed by atoms with van der Waals surface area (Å²) in [7, 11) is 0. The molecule has 4 aromatic rings. The SMILES string of the molecule is CC1(C)CC(=O)C2=C(C1)c1c(ccc3ccccc13)NC2c1cccc(Oc2ccccc2)c1. The Balaban J connectivity index is 1.50. The first-order chi connectivity index (χ1) is 16.5. The summed E-state index contributed by atoms with van der Waals surface area (Å²) in [5, 5.41) is 6.12. The van der Waals surface area contributed by atoms with Crippen molar-refractivity contribution in [2.45, 2.75) is 32.7 Å². The Morgan fingerprint density at radius 3 is 2.44 bits per heavy atom. The molecule has 0 fully saturated rings. The summed E-state index contributed by atoms with van der Waals surface area (Å²) in [5.41, 5.74) is 5.33. The maximum absolute atomic E-state index is 13.6. The molecule has 1 atom stereocenters. The number of anilines is 1. The normalized spacial score (nSPS) is 18.8. The molecule has 168 valence electrons. The van der Waals surface area contributed by atoms with Gasteiger partial charge in [-0.1, -0.05) is 74.5 Å². The van der Waals surface area contributed by atoms with Gasteiger partial charge in [-0.05, 0) is 64.1 Å². The third-order valence-electron chi connectivity index (χ3n) is 6.91. The molecule has 3 nitrogen and oxygen atoms in total. The second-order valence-corrected chi connectivity index (χ2v) is 10.1. The zero-order chi connectivity index (χ0) is 23.3. The second kappa shape index (κ2) is 7.88. The smallest absolute Gasteiger partial charge is 0.162 e. The third-order valence-corrected chi connectivity index (χ3v) is 6.91. The number of nitrogens with one attached hydrogen (secondary N) is 1. The maximum atomic E-state index is 13.6. The van der Waals surface area contributed by atoms with Gasteiger partial charge in [0.2, 0.25) is 0 Å². The van der Waals surface area contributed by atoms with Crippen LogP contribution in [0.25, 0.3) is 16.3 Å². The van der Waals surface area contributed by atoms with E-state index in [4.69, 9.17) is 4.74 Å². The average Bonchev–Trinajstić information content (AvgIpc) is 2.83. The lowest BCUT2D eigenvalue weighted by Crippen LogP contribution is -2.33. The first-order valence-corrected chi connectivity index (χ1v) is 11.9. The molecule has 1 aliphatic carbocycles. The Labute approximate surface area is 200 Å². The van der Waals surface area contributed by atoms with Crippen molar-refractivity contribution in [3.05, 3.63) is 108 Å². The predicted molar refractivity (Wildman–Crippen MR) is 138 cm³/mol. The van der Waals surface area contributed by atoms with Crippen molar-refractivity contribution < 1.29 is 9.53 Å². The molecule has 1 aliphatic heterocycles. The number of hydrogen-bond acceptors (Lipinski definition) is 3. The molecule has 0 amide bonds. The third kappa shape index (κ3) is 3.58. The van der Waals surface area contributed by atoms with Crippen molar-refractivity contribution in [1.29, 1.82) is 0 Å². The summed E-state index contributed by atoms with van der Waals surface area (Å²) >= 11 is 0. The van der Waals surface area contributed by atoms with Gasteiger partial charge in [0.15, 0.2) is 5.78 Å². The molecule has 0 aromatic heterocycles. The van der Waals surface area contributed by atoms with E-state index in [1.807, 2.05) is 48.5 Å². The van der Waals surface area contributed by atoms with Crippen LogP contribution in [0.3, 0.4) is 0 Å². The van der Waals surface area contributed by atoms with E-state index >= 15 is 0 Å². The van der Waals surface area contributed by atoms with Crippen molar-refractivity contribution in [2.75, 3.05) is 5.32 Å². The molecule has 0 spiro atoms. The van der Waals surface area contributed by atoms with E-state index in [-0.39, 0.29) is 17.2 Å². The van der Waals surface area contributed by atoms with E-state index in [1.54, 1.807) is 0 Å². The van der Waals surface area contributed by atoms with Crippen LogP contribution in [0.5, 0.6) is 11.5 Å². The lowest BCUT2D eigenvalue weighted by molar-refractivity contribution is -0.118. The van der Waals surface area contributed by atoms with Crippen LogP contribution in [0, 0.1) is 5.41 Å². The number of carbonyl (C=O) groups is 1. The Kier molecular flexibility index (Phi) is 4.80. The predicted octanol–water partition coefficient (Wildman–Crippen LogP) is 7.94. The van der Waals surface area contributed by atoms with Gasteiger partial charge < -0.3 is 10.1 Å². The molecule has 0 radical (unpaired) electrons. The van der Waals surface area contributed by atoms with Crippen molar-refractivity contribution in [3.63, 3.8) is 0 Å². The van der Waals surface area contributed by atoms with Crippen LogP contribution in [-0.2, 0) is 4.79 Å². The summed E-state index contributed by atoms with van der Waals surface area (Å²) < 4.78 is 6.10. The standard InChI is InChI=1S/C31H27NO2/c1-31(2)18-25-28-24-14-7-6-9-20(24)15-16-26(28)32-30(29(25)27(33)19-31)21-10-8-13-23(17-21)34-22-11-4-3-5-12-22/h3-17,30,32H,18-19H2,1-2H3. The Morgan fingerprint density at radius 1 is 0.824 bits per heavy atom. The highest BCUT2D eigenvalue weighted by molar-refractivity contribution is 6.12. The van der Waals surface area contributed by atoms with E-state index in [0.29, 0.717) is 6.42 Å². The molecule has 4 aromatic carbocycles. The van der Waals surface area contributed by atoms with Gasteiger partial charge in [0, 0.05) is 23.2 Å². The van der Waals surface area contributed by atoms with Gasteiger partial charge >= 0.3 is 0 Å². The number of allylic oxidation sites excluding steroid dienone is 1. The van der Waals surface area contributed by atoms with Gasteiger partial charge in [0.25, 0.3) is 0 Å². The number of hydrogen-bond donors (Lipinski definition) is 1. The van der Waals surface area contributed by atoms with Crippen LogP contribution in [-0.4, -0.2) is 5.78 Å². The van der Waals surface area contributed by atoms with E-state index < -0.39 is 0 Å². The number of rotatable bonds is 3. The highest BCUT2D eigenvalue weighted by Crippen LogP contribution is 2.52. The molecule has 0 saturated carbocycles. The van der Waals surface area contributed by atoms with Crippen molar-refractivity contribution in [1.82, 2.24) is 0 Å². The summed E-state index contributed by atoms with van der Waals surface area (Å²) in [5.74, 6) is 1.79. The molecule has 0 bridgehead atoms. The molecule has 1 unspecified atom stereocenters. The van der Waals surface area contributed by atoms with Crippen molar-refractivity contribution in [3.8, 4) is 11.5 Å². The fraction of sp³-hybridized carbons (Fsp3) is 0.194. The highest BCUT2D eigenvalue weighted by atomic mass is 16.5. The first-order valence-electron chi connectivity index (χ1n) is 11.9.